The summed E-state index contributed by atoms with van der Waals surface area (Å²) in [5, 5.41) is 4.17. The van der Waals surface area contributed by atoms with Crippen LogP contribution in [0.2, 0.25) is 5.02 Å². The highest BCUT2D eigenvalue weighted by Gasteiger charge is 2.14. The van der Waals surface area contributed by atoms with Crippen LogP contribution in [0.4, 0.5) is 0 Å². The highest BCUT2D eigenvalue weighted by molar-refractivity contribution is 6.31. The second-order valence-electron chi connectivity index (χ2n) is 4.19. The van der Waals surface area contributed by atoms with Gasteiger partial charge in [0.2, 0.25) is 0 Å². The number of rotatable bonds is 3. The molecule has 3 heteroatoms. The minimum Gasteiger partial charge on any atom is -0.489 e. The average molecular weight is 240 g/mol. The minimum absolute atomic E-state index is 0.305. The number of ether oxygens (including phenoxy) is 1. The van der Waals surface area contributed by atoms with Crippen molar-refractivity contribution in [2.75, 3.05) is 13.1 Å². The van der Waals surface area contributed by atoms with E-state index in [-0.39, 0.29) is 0 Å². The zero-order chi connectivity index (χ0) is 11.4. The fourth-order valence-electron chi connectivity index (χ4n) is 2.01. The Balaban J connectivity index is 2.03. The summed E-state index contributed by atoms with van der Waals surface area (Å²) in [5.74, 6) is 0.940. The molecule has 1 N–H and O–H groups in total. The molecular formula is C13H18ClNO. The third-order valence-electron chi connectivity index (χ3n) is 2.95. The maximum atomic E-state index is 6.07. The minimum atomic E-state index is 0.305. The molecule has 88 valence electrons. The zero-order valence-electron chi connectivity index (χ0n) is 9.63. The maximum Gasteiger partial charge on any atom is 0.120 e. The van der Waals surface area contributed by atoms with E-state index in [9.17, 15) is 0 Å². The van der Waals surface area contributed by atoms with Crippen molar-refractivity contribution in [1.82, 2.24) is 5.32 Å². The van der Waals surface area contributed by atoms with Gasteiger partial charge in [0.05, 0.1) is 0 Å². The molecule has 1 heterocycles. The molecular weight excluding hydrogens is 222 g/mol. The molecule has 0 saturated carbocycles. The van der Waals surface area contributed by atoms with Crippen LogP contribution in [-0.4, -0.2) is 19.2 Å². The van der Waals surface area contributed by atoms with E-state index in [1.807, 2.05) is 12.1 Å². The molecule has 2 nitrogen and oxygen atoms in total. The van der Waals surface area contributed by atoms with Gasteiger partial charge in [0.25, 0.3) is 0 Å². The van der Waals surface area contributed by atoms with E-state index in [2.05, 4.69) is 18.3 Å². The standard InChI is InChI=1S/C13H18ClNO/c1-2-10-8-11(5-6-13(10)14)16-12-4-3-7-15-9-12/h5-6,8,12,15H,2-4,7,9H2,1H3/t12-/m0/s1. The second kappa shape index (κ2) is 5.55. The van der Waals surface area contributed by atoms with Crippen LogP contribution in [0.25, 0.3) is 0 Å². The van der Waals surface area contributed by atoms with Gasteiger partial charge >= 0.3 is 0 Å². The van der Waals surface area contributed by atoms with Gasteiger partial charge in [-0.25, -0.2) is 0 Å². The van der Waals surface area contributed by atoms with E-state index in [0.29, 0.717) is 6.10 Å². The van der Waals surface area contributed by atoms with Crippen molar-refractivity contribution < 1.29 is 4.74 Å². The van der Waals surface area contributed by atoms with Crippen molar-refractivity contribution in [3.05, 3.63) is 28.8 Å². The predicted octanol–water partition coefficient (Wildman–Crippen LogP) is 3.03. The van der Waals surface area contributed by atoms with Gasteiger partial charge in [-0.2, -0.15) is 0 Å². The van der Waals surface area contributed by atoms with E-state index in [1.165, 1.54) is 6.42 Å². The Kier molecular flexibility index (Phi) is 4.08. The second-order valence-corrected chi connectivity index (χ2v) is 4.60. The number of benzene rings is 1. The van der Waals surface area contributed by atoms with Crippen LogP contribution in [0.15, 0.2) is 18.2 Å². The molecule has 1 aromatic carbocycles. The van der Waals surface area contributed by atoms with Crippen LogP contribution < -0.4 is 10.1 Å². The van der Waals surface area contributed by atoms with Crippen LogP contribution in [-0.2, 0) is 6.42 Å². The Morgan fingerprint density at radius 1 is 1.50 bits per heavy atom. The first-order valence-corrected chi connectivity index (χ1v) is 6.33. The van der Waals surface area contributed by atoms with Crippen molar-refractivity contribution in [2.24, 2.45) is 0 Å². The van der Waals surface area contributed by atoms with E-state index >= 15 is 0 Å². The smallest absolute Gasteiger partial charge is 0.120 e. The van der Waals surface area contributed by atoms with Crippen LogP contribution >= 0.6 is 11.6 Å². The summed E-state index contributed by atoms with van der Waals surface area (Å²) < 4.78 is 5.93. The van der Waals surface area contributed by atoms with Gasteiger partial charge in [-0.1, -0.05) is 18.5 Å². The first-order chi connectivity index (χ1) is 7.79. The number of hydrogen-bond acceptors (Lipinski definition) is 2. The van der Waals surface area contributed by atoms with Crippen molar-refractivity contribution in [3.63, 3.8) is 0 Å². The Bertz CT molecular complexity index is 348. The summed E-state index contributed by atoms with van der Waals surface area (Å²) in [4.78, 5) is 0. The Morgan fingerprint density at radius 2 is 2.38 bits per heavy atom. The molecule has 1 fully saturated rings. The number of hydrogen-bond donors (Lipinski definition) is 1. The molecule has 0 amide bonds. The molecule has 16 heavy (non-hydrogen) atoms. The Hall–Kier alpha value is -0.730. The van der Waals surface area contributed by atoms with Gasteiger partial charge < -0.3 is 10.1 Å². The fourth-order valence-corrected chi connectivity index (χ4v) is 2.26. The van der Waals surface area contributed by atoms with E-state index < -0.39 is 0 Å². The molecule has 2 rings (SSSR count). The van der Waals surface area contributed by atoms with Crippen LogP contribution in [0, 0.1) is 0 Å². The molecule has 0 unspecified atom stereocenters. The largest absolute Gasteiger partial charge is 0.489 e. The molecule has 1 aromatic rings. The molecule has 0 aliphatic carbocycles. The molecule has 0 aromatic heterocycles. The van der Waals surface area contributed by atoms with Gasteiger partial charge in [0.15, 0.2) is 0 Å². The van der Waals surface area contributed by atoms with Crippen LogP contribution in [0.1, 0.15) is 25.3 Å². The molecule has 0 bridgehead atoms. The lowest BCUT2D eigenvalue weighted by molar-refractivity contribution is 0.167. The molecule has 1 aliphatic heterocycles. The first-order valence-electron chi connectivity index (χ1n) is 5.95. The van der Waals surface area contributed by atoms with Crippen molar-refractivity contribution in [1.29, 1.82) is 0 Å². The van der Waals surface area contributed by atoms with Gasteiger partial charge in [-0.15, -0.1) is 0 Å². The van der Waals surface area contributed by atoms with Crippen molar-refractivity contribution in [2.45, 2.75) is 32.3 Å². The van der Waals surface area contributed by atoms with Gasteiger partial charge in [0, 0.05) is 11.6 Å². The number of nitrogens with one attached hydrogen (secondary N) is 1. The molecule has 0 spiro atoms. The summed E-state index contributed by atoms with van der Waals surface area (Å²) in [6, 6.07) is 5.93. The highest BCUT2D eigenvalue weighted by atomic mass is 35.5. The molecule has 1 atom stereocenters. The van der Waals surface area contributed by atoms with Crippen molar-refractivity contribution >= 4 is 11.6 Å². The number of piperidine rings is 1. The number of halogens is 1. The van der Waals surface area contributed by atoms with Gasteiger partial charge in [-0.3, -0.25) is 0 Å². The zero-order valence-corrected chi connectivity index (χ0v) is 10.4. The van der Waals surface area contributed by atoms with Gasteiger partial charge in [0.1, 0.15) is 11.9 Å². The lowest BCUT2D eigenvalue weighted by Gasteiger charge is -2.24. The third kappa shape index (κ3) is 2.89. The summed E-state index contributed by atoms with van der Waals surface area (Å²) in [7, 11) is 0. The average Bonchev–Trinajstić information content (AvgIpc) is 2.33. The van der Waals surface area contributed by atoms with Gasteiger partial charge in [-0.05, 0) is 49.6 Å². The topological polar surface area (TPSA) is 21.3 Å². The first kappa shape index (κ1) is 11.7. The third-order valence-corrected chi connectivity index (χ3v) is 3.32. The van der Waals surface area contributed by atoms with E-state index in [4.69, 9.17) is 16.3 Å². The fraction of sp³-hybridized carbons (Fsp3) is 0.538. The Morgan fingerprint density at radius 3 is 3.06 bits per heavy atom. The normalized spacial score (nSPS) is 20.8. The van der Waals surface area contributed by atoms with E-state index in [0.717, 1.165) is 42.3 Å². The summed E-state index contributed by atoms with van der Waals surface area (Å²) >= 11 is 6.07. The lowest BCUT2D eigenvalue weighted by Crippen LogP contribution is -2.37. The quantitative estimate of drug-likeness (QED) is 0.876. The Labute approximate surface area is 102 Å². The summed E-state index contributed by atoms with van der Waals surface area (Å²) in [6.45, 7) is 4.16. The van der Waals surface area contributed by atoms with Crippen molar-refractivity contribution in [3.8, 4) is 5.75 Å². The predicted molar refractivity (Wildman–Crippen MR) is 67.3 cm³/mol. The maximum absolute atomic E-state index is 6.07. The summed E-state index contributed by atoms with van der Waals surface area (Å²) in [6.07, 6.45) is 3.58. The monoisotopic (exact) mass is 239 g/mol. The lowest BCUT2D eigenvalue weighted by atomic mass is 10.1. The van der Waals surface area contributed by atoms with Crippen LogP contribution in [0.3, 0.4) is 0 Å². The molecule has 0 radical (unpaired) electrons. The van der Waals surface area contributed by atoms with E-state index in [1.54, 1.807) is 0 Å². The molecule has 1 saturated heterocycles. The van der Waals surface area contributed by atoms with Crippen LogP contribution in [0.5, 0.6) is 5.75 Å². The SMILES string of the molecule is CCc1cc(O[C@H]2CCCNC2)ccc1Cl. The summed E-state index contributed by atoms with van der Waals surface area (Å²) in [5.41, 5.74) is 1.16. The number of aryl methyl sites for hydroxylation is 1. The highest BCUT2D eigenvalue weighted by Crippen LogP contribution is 2.24. The molecule has 1 aliphatic rings.